The van der Waals surface area contributed by atoms with Crippen LogP contribution in [0, 0.1) is 0 Å². The second-order valence-corrected chi connectivity index (χ2v) is 5.45. The van der Waals surface area contributed by atoms with Gasteiger partial charge in [-0.3, -0.25) is 14.8 Å². The number of carbonyl (C=O) groups excluding carboxylic acids is 1. The number of pyridine rings is 2. The zero-order valence-corrected chi connectivity index (χ0v) is 13.5. The van der Waals surface area contributed by atoms with E-state index in [1.165, 1.54) is 6.39 Å². The van der Waals surface area contributed by atoms with Crippen molar-refractivity contribution in [1.29, 1.82) is 0 Å². The lowest BCUT2D eigenvalue weighted by Crippen LogP contribution is -2.13. The highest BCUT2D eigenvalue weighted by Gasteiger charge is 2.11. The molecule has 0 spiro atoms. The maximum atomic E-state index is 12.6. The molecule has 4 rings (SSSR count). The molecule has 0 saturated carbocycles. The van der Waals surface area contributed by atoms with Crippen LogP contribution in [0.3, 0.4) is 0 Å². The van der Waals surface area contributed by atoms with Gasteiger partial charge >= 0.3 is 0 Å². The Hall–Kier alpha value is -3.87. The van der Waals surface area contributed by atoms with E-state index >= 15 is 0 Å². The molecule has 1 N–H and O–H groups in total. The quantitative estimate of drug-likeness (QED) is 0.610. The highest BCUT2D eigenvalue weighted by molar-refractivity contribution is 6.03. The Morgan fingerprint density at radius 3 is 2.69 bits per heavy atom. The number of anilines is 1. The first-order chi connectivity index (χ1) is 12.8. The summed E-state index contributed by atoms with van der Waals surface area (Å²) < 4.78 is 5.18. The average Bonchev–Trinajstić information content (AvgIpc) is 3.24. The molecule has 0 aliphatic carbocycles. The fraction of sp³-hybridized carbons (Fsp3) is 0. The van der Waals surface area contributed by atoms with Gasteiger partial charge in [0.05, 0.1) is 0 Å². The Kier molecular flexibility index (Phi) is 4.17. The van der Waals surface area contributed by atoms with Crippen LogP contribution >= 0.6 is 0 Å². The second kappa shape index (κ2) is 6.94. The summed E-state index contributed by atoms with van der Waals surface area (Å²) in [5.74, 6) is 0.0798. The molecule has 0 atom stereocenters. The summed E-state index contributed by atoms with van der Waals surface area (Å²) >= 11 is 0. The Balaban J connectivity index is 1.57. The van der Waals surface area contributed by atoms with Gasteiger partial charge in [0.2, 0.25) is 12.3 Å². The Bertz CT molecular complexity index is 1030. The fourth-order valence-corrected chi connectivity index (χ4v) is 2.49. The van der Waals surface area contributed by atoms with E-state index in [1.807, 2.05) is 24.3 Å². The molecule has 126 valence electrons. The molecule has 0 aliphatic rings. The van der Waals surface area contributed by atoms with Gasteiger partial charge in [-0.1, -0.05) is 12.1 Å². The van der Waals surface area contributed by atoms with Crippen molar-refractivity contribution in [2.45, 2.75) is 0 Å². The Morgan fingerprint density at radius 2 is 1.88 bits per heavy atom. The van der Waals surface area contributed by atoms with E-state index in [4.69, 9.17) is 4.42 Å². The van der Waals surface area contributed by atoms with Gasteiger partial charge in [-0.05, 0) is 42.0 Å². The molecule has 0 fully saturated rings. The van der Waals surface area contributed by atoms with Gasteiger partial charge in [0.25, 0.3) is 5.91 Å². The summed E-state index contributed by atoms with van der Waals surface area (Å²) in [6, 6.07) is 14.5. The van der Waals surface area contributed by atoms with Gasteiger partial charge < -0.3 is 9.73 Å². The SMILES string of the molecule is O=C(Nc1cccc(-c2nnco2)c1)c1cc(-c2cccnc2)ccn1. The molecule has 7 heteroatoms. The number of nitrogens with one attached hydrogen (secondary N) is 1. The van der Waals surface area contributed by atoms with Crippen LogP contribution in [0.25, 0.3) is 22.6 Å². The van der Waals surface area contributed by atoms with Crippen molar-refractivity contribution in [3.8, 4) is 22.6 Å². The van der Waals surface area contributed by atoms with Crippen molar-refractivity contribution >= 4 is 11.6 Å². The summed E-state index contributed by atoms with van der Waals surface area (Å²) in [7, 11) is 0. The minimum atomic E-state index is -0.307. The molecule has 0 bridgehead atoms. The van der Waals surface area contributed by atoms with Gasteiger partial charge in [-0.15, -0.1) is 10.2 Å². The normalized spacial score (nSPS) is 10.5. The number of nitrogens with zero attached hydrogens (tertiary/aromatic N) is 4. The summed E-state index contributed by atoms with van der Waals surface area (Å²) in [5, 5.41) is 10.4. The second-order valence-electron chi connectivity index (χ2n) is 5.45. The molecule has 7 nitrogen and oxygen atoms in total. The minimum absolute atomic E-state index is 0.307. The van der Waals surface area contributed by atoms with E-state index in [-0.39, 0.29) is 5.91 Å². The molecule has 0 aliphatic heterocycles. The molecule has 0 unspecified atom stereocenters. The van der Waals surface area contributed by atoms with Crippen LogP contribution in [0.2, 0.25) is 0 Å². The molecular weight excluding hydrogens is 330 g/mol. The first-order valence-electron chi connectivity index (χ1n) is 7.84. The van der Waals surface area contributed by atoms with Crippen molar-refractivity contribution in [3.05, 3.63) is 79.2 Å². The zero-order valence-electron chi connectivity index (χ0n) is 13.5. The van der Waals surface area contributed by atoms with Crippen molar-refractivity contribution in [2.75, 3.05) is 5.32 Å². The lowest BCUT2D eigenvalue weighted by molar-refractivity contribution is 0.102. The maximum Gasteiger partial charge on any atom is 0.274 e. The van der Waals surface area contributed by atoms with Gasteiger partial charge in [-0.25, -0.2) is 0 Å². The van der Waals surface area contributed by atoms with Gasteiger partial charge in [0.1, 0.15) is 5.69 Å². The lowest BCUT2D eigenvalue weighted by atomic mass is 10.1. The molecule has 26 heavy (non-hydrogen) atoms. The number of benzene rings is 1. The fourth-order valence-electron chi connectivity index (χ4n) is 2.49. The van der Waals surface area contributed by atoms with Crippen LogP contribution in [-0.2, 0) is 0 Å². The van der Waals surface area contributed by atoms with Gasteiger partial charge in [0.15, 0.2) is 0 Å². The molecule has 1 aromatic carbocycles. The third-order valence-corrected chi connectivity index (χ3v) is 3.71. The predicted octanol–water partition coefficient (Wildman–Crippen LogP) is 3.45. The van der Waals surface area contributed by atoms with Crippen LogP contribution in [-0.4, -0.2) is 26.1 Å². The van der Waals surface area contributed by atoms with E-state index in [0.29, 0.717) is 17.3 Å². The van der Waals surface area contributed by atoms with Crippen LogP contribution in [0.4, 0.5) is 5.69 Å². The van der Waals surface area contributed by atoms with Crippen LogP contribution < -0.4 is 5.32 Å². The number of rotatable bonds is 4. The van der Waals surface area contributed by atoms with Gasteiger partial charge in [0, 0.05) is 35.4 Å². The van der Waals surface area contributed by atoms with Crippen LogP contribution in [0.15, 0.2) is 77.9 Å². The molecule has 4 aromatic rings. The van der Waals surface area contributed by atoms with E-state index in [9.17, 15) is 4.79 Å². The molecule has 1 amide bonds. The minimum Gasteiger partial charge on any atom is -0.423 e. The summed E-state index contributed by atoms with van der Waals surface area (Å²) in [5.41, 5.74) is 3.44. The predicted molar refractivity (Wildman–Crippen MR) is 95.2 cm³/mol. The number of carbonyl (C=O) groups is 1. The number of hydrogen-bond acceptors (Lipinski definition) is 6. The molecular formula is C19H13N5O2. The summed E-state index contributed by atoms with van der Waals surface area (Å²) in [6.45, 7) is 0. The van der Waals surface area contributed by atoms with Crippen molar-refractivity contribution in [3.63, 3.8) is 0 Å². The van der Waals surface area contributed by atoms with Crippen molar-refractivity contribution in [1.82, 2.24) is 20.2 Å². The Labute approximate surface area is 148 Å². The summed E-state index contributed by atoms with van der Waals surface area (Å²) in [6.07, 6.45) is 6.31. The monoisotopic (exact) mass is 343 g/mol. The van der Waals surface area contributed by atoms with Crippen molar-refractivity contribution in [2.24, 2.45) is 0 Å². The topological polar surface area (TPSA) is 93.8 Å². The van der Waals surface area contributed by atoms with Gasteiger partial charge in [-0.2, -0.15) is 0 Å². The Morgan fingerprint density at radius 1 is 0.962 bits per heavy atom. The first-order valence-corrected chi connectivity index (χ1v) is 7.84. The number of aromatic nitrogens is 4. The van der Waals surface area contributed by atoms with Crippen LogP contribution in [0.5, 0.6) is 0 Å². The first kappa shape index (κ1) is 15.6. The highest BCUT2D eigenvalue weighted by atomic mass is 16.4. The third kappa shape index (κ3) is 3.32. The maximum absolute atomic E-state index is 12.6. The lowest BCUT2D eigenvalue weighted by Gasteiger charge is -2.07. The number of amides is 1. The van der Waals surface area contributed by atoms with E-state index in [2.05, 4.69) is 25.5 Å². The third-order valence-electron chi connectivity index (χ3n) is 3.71. The molecule has 0 saturated heterocycles. The molecule has 3 aromatic heterocycles. The van der Waals surface area contributed by atoms with E-state index in [1.54, 1.807) is 42.9 Å². The zero-order chi connectivity index (χ0) is 17.8. The standard InChI is InChI=1S/C19H13N5O2/c25-18(17-10-13(6-8-21-17)15-4-2-7-20-11-15)23-16-5-1-3-14(9-16)19-24-22-12-26-19/h1-12H,(H,23,25). The largest absolute Gasteiger partial charge is 0.423 e. The average molecular weight is 343 g/mol. The summed E-state index contributed by atoms with van der Waals surface area (Å²) in [4.78, 5) is 20.8. The smallest absolute Gasteiger partial charge is 0.274 e. The van der Waals surface area contributed by atoms with E-state index in [0.717, 1.165) is 16.7 Å². The van der Waals surface area contributed by atoms with E-state index < -0.39 is 0 Å². The molecule has 3 heterocycles. The number of hydrogen-bond donors (Lipinski definition) is 1. The molecule has 0 radical (unpaired) electrons. The highest BCUT2D eigenvalue weighted by Crippen LogP contribution is 2.22. The van der Waals surface area contributed by atoms with Crippen molar-refractivity contribution < 1.29 is 9.21 Å². The van der Waals surface area contributed by atoms with Crippen LogP contribution in [0.1, 0.15) is 10.5 Å².